The second kappa shape index (κ2) is 6.10. The molecule has 1 N–H and O–H groups in total. The number of carbonyl (C=O) groups excluding carboxylic acids is 2. The molecule has 2 aromatic rings. The minimum absolute atomic E-state index is 0.00363. The molecular formula is C22H17F3N2O3. The van der Waals surface area contributed by atoms with Crippen molar-refractivity contribution in [1.82, 2.24) is 4.90 Å². The van der Waals surface area contributed by atoms with Crippen LogP contribution in [0.25, 0.3) is 6.08 Å². The summed E-state index contributed by atoms with van der Waals surface area (Å²) in [5.41, 5.74) is 2.32. The summed E-state index contributed by atoms with van der Waals surface area (Å²) in [6.45, 7) is 0. The highest BCUT2D eigenvalue weighted by Gasteiger charge is 2.64. The zero-order valence-corrected chi connectivity index (χ0v) is 15.9. The van der Waals surface area contributed by atoms with E-state index in [0.29, 0.717) is 10.5 Å². The maximum atomic E-state index is 13.5. The van der Waals surface area contributed by atoms with Crippen LogP contribution in [0.2, 0.25) is 0 Å². The van der Waals surface area contributed by atoms with Crippen LogP contribution in [-0.2, 0) is 19.7 Å². The summed E-state index contributed by atoms with van der Waals surface area (Å²) in [4.78, 5) is 25.6. The lowest BCUT2D eigenvalue weighted by molar-refractivity contribution is -0.186. The van der Waals surface area contributed by atoms with Crippen LogP contribution in [-0.4, -0.2) is 36.1 Å². The summed E-state index contributed by atoms with van der Waals surface area (Å²) in [6, 6.07) is 12.9. The van der Waals surface area contributed by atoms with Crippen molar-refractivity contribution < 1.29 is 27.5 Å². The Morgan fingerprint density at radius 3 is 2.57 bits per heavy atom. The first-order valence-electron chi connectivity index (χ1n) is 9.44. The average molecular weight is 414 g/mol. The molecular weight excluding hydrogens is 397 g/mol. The first-order valence-corrected chi connectivity index (χ1v) is 9.44. The molecule has 2 aromatic carbocycles. The molecule has 0 bridgehead atoms. The van der Waals surface area contributed by atoms with Gasteiger partial charge < -0.3 is 10.1 Å². The van der Waals surface area contributed by atoms with Gasteiger partial charge in [-0.2, -0.15) is 13.2 Å². The van der Waals surface area contributed by atoms with Crippen LogP contribution in [0.15, 0.2) is 54.2 Å². The van der Waals surface area contributed by atoms with Crippen molar-refractivity contribution in [1.29, 1.82) is 0 Å². The Hall–Kier alpha value is -3.29. The zero-order chi connectivity index (χ0) is 21.3. The van der Waals surface area contributed by atoms with E-state index in [9.17, 15) is 22.8 Å². The fraction of sp³-hybridized carbons (Fsp3) is 0.273. The molecule has 8 heteroatoms. The Bertz CT molecular complexity index is 1110. The number of esters is 1. The van der Waals surface area contributed by atoms with E-state index in [2.05, 4.69) is 5.32 Å². The Labute approximate surface area is 170 Å². The number of hydrogen-bond acceptors (Lipinski definition) is 4. The average Bonchev–Trinajstić information content (AvgIpc) is 3.25. The number of methoxy groups -OCH3 is 1. The zero-order valence-electron chi connectivity index (χ0n) is 15.9. The first-order chi connectivity index (χ1) is 14.3. The molecule has 5 nitrogen and oxygen atoms in total. The lowest BCUT2D eigenvalue weighted by Crippen LogP contribution is -2.47. The number of nitrogens with one attached hydrogen (secondary N) is 1. The smallest absolute Gasteiger partial charge is 0.467 e. The van der Waals surface area contributed by atoms with E-state index in [1.807, 2.05) is 30.3 Å². The van der Waals surface area contributed by atoms with E-state index in [1.54, 1.807) is 24.3 Å². The summed E-state index contributed by atoms with van der Waals surface area (Å²) in [7, 11) is 1.11. The molecule has 0 radical (unpaired) electrons. The molecule has 3 aliphatic rings. The molecule has 2 aliphatic heterocycles. The second-order valence-electron chi connectivity index (χ2n) is 7.67. The summed E-state index contributed by atoms with van der Waals surface area (Å²) >= 11 is 0. The van der Waals surface area contributed by atoms with Gasteiger partial charge in [-0.05, 0) is 35.3 Å². The van der Waals surface area contributed by atoms with Crippen LogP contribution in [0.4, 0.5) is 18.9 Å². The molecule has 1 amide bonds. The van der Waals surface area contributed by atoms with Gasteiger partial charge in [0.05, 0.1) is 18.6 Å². The van der Waals surface area contributed by atoms with Crippen LogP contribution in [0.1, 0.15) is 29.2 Å². The highest BCUT2D eigenvalue weighted by Crippen LogP contribution is 2.63. The number of benzene rings is 2. The SMILES string of the molecule is COC(=O)C1C[C@@]23C(=Cc4ccccc4[C@@H]2Nc2ccccc23)N1C(=O)C(F)(F)F. The molecule has 1 fully saturated rings. The summed E-state index contributed by atoms with van der Waals surface area (Å²) in [6.07, 6.45) is -3.53. The number of carbonyl (C=O) groups is 2. The minimum Gasteiger partial charge on any atom is -0.467 e. The molecule has 5 rings (SSSR count). The van der Waals surface area contributed by atoms with Gasteiger partial charge in [-0.15, -0.1) is 0 Å². The molecule has 1 saturated heterocycles. The molecule has 1 spiro atoms. The van der Waals surface area contributed by atoms with Gasteiger partial charge >= 0.3 is 18.1 Å². The lowest BCUT2D eigenvalue weighted by atomic mass is 9.67. The van der Waals surface area contributed by atoms with Gasteiger partial charge in [0.25, 0.3) is 0 Å². The van der Waals surface area contributed by atoms with Gasteiger partial charge in [0.2, 0.25) is 0 Å². The number of para-hydroxylation sites is 1. The van der Waals surface area contributed by atoms with Crippen molar-refractivity contribution in [2.75, 3.05) is 12.4 Å². The van der Waals surface area contributed by atoms with Crippen LogP contribution in [0.3, 0.4) is 0 Å². The lowest BCUT2D eigenvalue weighted by Gasteiger charge is -2.38. The van der Waals surface area contributed by atoms with Gasteiger partial charge in [-0.25, -0.2) is 4.79 Å². The third-order valence-corrected chi connectivity index (χ3v) is 6.28. The van der Waals surface area contributed by atoms with Gasteiger partial charge in [-0.1, -0.05) is 42.5 Å². The highest BCUT2D eigenvalue weighted by molar-refractivity contribution is 5.94. The predicted octanol–water partition coefficient (Wildman–Crippen LogP) is 3.78. The van der Waals surface area contributed by atoms with E-state index >= 15 is 0 Å². The third kappa shape index (κ3) is 2.30. The Morgan fingerprint density at radius 1 is 1.13 bits per heavy atom. The van der Waals surface area contributed by atoms with E-state index < -0.39 is 35.6 Å². The number of nitrogens with zero attached hydrogens (tertiary/aromatic N) is 1. The van der Waals surface area contributed by atoms with Crippen LogP contribution in [0, 0.1) is 0 Å². The number of alkyl halides is 3. The number of likely N-dealkylation sites (tertiary alicyclic amines) is 1. The van der Waals surface area contributed by atoms with Crippen LogP contribution >= 0.6 is 0 Å². The normalized spacial score (nSPS) is 26.0. The number of anilines is 1. The van der Waals surface area contributed by atoms with Gasteiger partial charge in [0.15, 0.2) is 0 Å². The maximum Gasteiger partial charge on any atom is 0.471 e. The fourth-order valence-corrected chi connectivity index (χ4v) is 5.14. The predicted molar refractivity (Wildman–Crippen MR) is 102 cm³/mol. The van der Waals surface area contributed by atoms with Gasteiger partial charge in [0, 0.05) is 11.4 Å². The molecule has 30 heavy (non-hydrogen) atoms. The Balaban J connectivity index is 1.80. The molecule has 0 aromatic heterocycles. The van der Waals surface area contributed by atoms with E-state index in [1.165, 1.54) is 0 Å². The van der Waals surface area contributed by atoms with Crippen molar-refractivity contribution >= 4 is 23.6 Å². The third-order valence-electron chi connectivity index (χ3n) is 6.28. The van der Waals surface area contributed by atoms with E-state index in [-0.39, 0.29) is 12.1 Å². The van der Waals surface area contributed by atoms with Crippen molar-refractivity contribution in [2.45, 2.75) is 30.1 Å². The molecule has 0 saturated carbocycles. The largest absolute Gasteiger partial charge is 0.471 e. The molecule has 2 heterocycles. The molecule has 1 aliphatic carbocycles. The molecule has 3 atom stereocenters. The maximum absolute atomic E-state index is 13.5. The number of amides is 1. The van der Waals surface area contributed by atoms with Crippen LogP contribution in [0.5, 0.6) is 0 Å². The Morgan fingerprint density at radius 2 is 1.83 bits per heavy atom. The van der Waals surface area contributed by atoms with Crippen molar-refractivity contribution in [3.63, 3.8) is 0 Å². The second-order valence-corrected chi connectivity index (χ2v) is 7.67. The van der Waals surface area contributed by atoms with E-state index in [0.717, 1.165) is 23.9 Å². The summed E-state index contributed by atoms with van der Waals surface area (Å²) < 4.78 is 45.4. The van der Waals surface area contributed by atoms with Crippen molar-refractivity contribution in [2.24, 2.45) is 0 Å². The van der Waals surface area contributed by atoms with Crippen LogP contribution < -0.4 is 5.32 Å². The van der Waals surface area contributed by atoms with Crippen molar-refractivity contribution in [3.05, 3.63) is 70.9 Å². The summed E-state index contributed by atoms with van der Waals surface area (Å²) in [5, 5.41) is 3.42. The minimum atomic E-state index is -5.13. The monoisotopic (exact) mass is 414 g/mol. The van der Waals surface area contributed by atoms with Gasteiger partial charge in [0.1, 0.15) is 6.04 Å². The fourth-order valence-electron chi connectivity index (χ4n) is 5.14. The molecule has 1 unspecified atom stereocenters. The summed E-state index contributed by atoms with van der Waals surface area (Å²) in [5.74, 6) is -2.94. The topological polar surface area (TPSA) is 58.6 Å². The number of hydrogen-bond donors (Lipinski definition) is 1. The molecule has 154 valence electrons. The number of fused-ring (bicyclic) bond motifs is 3. The van der Waals surface area contributed by atoms with Gasteiger partial charge in [-0.3, -0.25) is 9.69 Å². The number of halogens is 3. The number of rotatable bonds is 1. The van der Waals surface area contributed by atoms with E-state index in [4.69, 9.17) is 4.74 Å². The quantitative estimate of drug-likeness (QED) is 0.722. The highest BCUT2D eigenvalue weighted by atomic mass is 19.4. The standard InChI is InChI=1S/C22H17F3N2O3/c1-30-19(28)16-11-21-14-8-4-5-9-15(14)26-18(21)13-7-3-2-6-12(13)10-17(21)27(16)20(29)22(23,24)25/h2-10,16,18,26H,11H2,1H3/t16?,18-,21+/m0/s1. The van der Waals surface area contributed by atoms with Crippen molar-refractivity contribution in [3.8, 4) is 0 Å². The number of ether oxygens (including phenoxy) is 1. The Kier molecular flexibility index (Phi) is 3.81. The first kappa shape index (κ1) is 18.7.